The Labute approximate surface area is 88.0 Å². The molecule has 0 N–H and O–H groups in total. The second-order valence-electron chi connectivity index (χ2n) is 4.50. The molecule has 78 valence electrons. The number of imidazole rings is 1. The fourth-order valence-corrected chi connectivity index (χ4v) is 1.56. The first-order valence-electron chi connectivity index (χ1n) is 4.83. The van der Waals surface area contributed by atoms with Crippen LogP contribution in [0.25, 0.3) is 5.65 Å². The molecule has 15 heavy (non-hydrogen) atoms. The summed E-state index contributed by atoms with van der Waals surface area (Å²) >= 11 is 0. The highest BCUT2D eigenvalue weighted by atomic mass is 16.1. The monoisotopic (exact) mass is 203 g/mol. The second kappa shape index (κ2) is 3.15. The van der Waals surface area contributed by atoms with Gasteiger partial charge in [0.25, 0.3) is 0 Å². The third-order valence-corrected chi connectivity index (χ3v) is 2.21. The van der Waals surface area contributed by atoms with Crippen molar-refractivity contribution in [1.29, 1.82) is 0 Å². The minimum absolute atomic E-state index is 0.104. The quantitative estimate of drug-likeness (QED) is 0.664. The van der Waals surface area contributed by atoms with Crippen LogP contribution in [0.15, 0.2) is 18.5 Å². The Morgan fingerprint density at radius 2 is 2.13 bits per heavy atom. The standard InChI is InChI=1S/C11H13N3O/c1-11(2,3)10-13-8(7-15)9-12-5-4-6-14(9)10/h4-7H,1-3H3. The Morgan fingerprint density at radius 1 is 1.40 bits per heavy atom. The molecule has 0 radical (unpaired) electrons. The summed E-state index contributed by atoms with van der Waals surface area (Å²) in [6.45, 7) is 6.18. The zero-order valence-electron chi connectivity index (χ0n) is 9.06. The maximum Gasteiger partial charge on any atom is 0.172 e. The fourth-order valence-electron chi connectivity index (χ4n) is 1.56. The van der Waals surface area contributed by atoms with Gasteiger partial charge in [0.2, 0.25) is 0 Å². The lowest BCUT2D eigenvalue weighted by Gasteiger charge is -2.16. The van der Waals surface area contributed by atoms with Gasteiger partial charge in [0, 0.05) is 17.8 Å². The maximum atomic E-state index is 10.8. The van der Waals surface area contributed by atoms with Crippen LogP contribution in [-0.4, -0.2) is 20.7 Å². The van der Waals surface area contributed by atoms with Gasteiger partial charge in [-0.05, 0) is 6.07 Å². The highest BCUT2D eigenvalue weighted by molar-refractivity contribution is 5.81. The zero-order valence-corrected chi connectivity index (χ0v) is 9.06. The number of carbonyl (C=O) groups is 1. The van der Waals surface area contributed by atoms with Crippen LogP contribution in [0.1, 0.15) is 37.1 Å². The van der Waals surface area contributed by atoms with Crippen LogP contribution < -0.4 is 0 Å². The molecule has 0 amide bonds. The van der Waals surface area contributed by atoms with Crippen LogP contribution in [0, 0.1) is 0 Å². The van der Waals surface area contributed by atoms with E-state index in [1.165, 1.54) is 0 Å². The minimum Gasteiger partial charge on any atom is -0.296 e. The topological polar surface area (TPSA) is 47.3 Å². The van der Waals surface area contributed by atoms with Crippen molar-refractivity contribution in [2.45, 2.75) is 26.2 Å². The van der Waals surface area contributed by atoms with Crippen molar-refractivity contribution in [2.75, 3.05) is 0 Å². The van der Waals surface area contributed by atoms with Crippen LogP contribution in [0.2, 0.25) is 0 Å². The fraction of sp³-hybridized carbons (Fsp3) is 0.364. The number of hydrogen-bond donors (Lipinski definition) is 0. The van der Waals surface area contributed by atoms with Gasteiger partial charge < -0.3 is 0 Å². The van der Waals surface area contributed by atoms with E-state index in [9.17, 15) is 4.79 Å². The Kier molecular flexibility index (Phi) is 2.07. The number of aromatic nitrogens is 3. The average Bonchev–Trinajstić information content (AvgIpc) is 2.55. The van der Waals surface area contributed by atoms with Gasteiger partial charge in [0.1, 0.15) is 11.5 Å². The molecule has 0 unspecified atom stereocenters. The van der Waals surface area contributed by atoms with Crippen molar-refractivity contribution in [1.82, 2.24) is 14.4 Å². The minimum atomic E-state index is -0.104. The summed E-state index contributed by atoms with van der Waals surface area (Å²) in [6, 6.07) is 1.83. The van der Waals surface area contributed by atoms with Crippen molar-refractivity contribution in [3.05, 3.63) is 30.0 Å². The second-order valence-corrected chi connectivity index (χ2v) is 4.50. The predicted octanol–water partition coefficient (Wildman–Crippen LogP) is 1.84. The smallest absolute Gasteiger partial charge is 0.172 e. The van der Waals surface area contributed by atoms with E-state index in [2.05, 4.69) is 30.7 Å². The van der Waals surface area contributed by atoms with E-state index in [-0.39, 0.29) is 5.41 Å². The average molecular weight is 203 g/mol. The first-order valence-corrected chi connectivity index (χ1v) is 4.83. The highest BCUT2D eigenvalue weighted by Gasteiger charge is 2.22. The first-order chi connectivity index (χ1) is 7.04. The van der Waals surface area contributed by atoms with E-state index < -0.39 is 0 Å². The first kappa shape index (κ1) is 9.83. The molecule has 0 aliphatic rings. The van der Waals surface area contributed by atoms with Gasteiger partial charge in [-0.25, -0.2) is 9.97 Å². The van der Waals surface area contributed by atoms with E-state index in [0.717, 1.165) is 12.1 Å². The normalized spacial score (nSPS) is 11.9. The van der Waals surface area contributed by atoms with E-state index >= 15 is 0 Å². The molecule has 2 rings (SSSR count). The number of rotatable bonds is 1. The van der Waals surface area contributed by atoms with Crippen molar-refractivity contribution in [2.24, 2.45) is 0 Å². The molecule has 0 saturated carbocycles. The van der Waals surface area contributed by atoms with Gasteiger partial charge in [0.05, 0.1) is 0 Å². The summed E-state index contributed by atoms with van der Waals surface area (Å²) in [5, 5.41) is 0. The Bertz CT molecular complexity index is 508. The third-order valence-electron chi connectivity index (χ3n) is 2.21. The molecule has 0 saturated heterocycles. The molecule has 0 spiro atoms. The zero-order chi connectivity index (χ0) is 11.1. The van der Waals surface area contributed by atoms with Crippen LogP contribution in [0.4, 0.5) is 0 Å². The largest absolute Gasteiger partial charge is 0.296 e. The lowest BCUT2D eigenvalue weighted by atomic mass is 9.96. The van der Waals surface area contributed by atoms with E-state index in [4.69, 9.17) is 0 Å². The van der Waals surface area contributed by atoms with Crippen molar-refractivity contribution < 1.29 is 4.79 Å². The Morgan fingerprint density at radius 3 is 2.73 bits per heavy atom. The summed E-state index contributed by atoms with van der Waals surface area (Å²) < 4.78 is 1.86. The van der Waals surface area contributed by atoms with Gasteiger partial charge in [-0.3, -0.25) is 9.20 Å². The molecule has 2 aromatic heterocycles. The molecule has 4 heteroatoms. The van der Waals surface area contributed by atoms with E-state index in [1.807, 2.05) is 16.7 Å². The Balaban J connectivity index is 2.82. The van der Waals surface area contributed by atoms with Crippen molar-refractivity contribution in [3.8, 4) is 0 Å². The summed E-state index contributed by atoms with van der Waals surface area (Å²) in [5.41, 5.74) is 0.922. The van der Waals surface area contributed by atoms with Gasteiger partial charge in [-0.1, -0.05) is 20.8 Å². The molecule has 4 nitrogen and oxygen atoms in total. The molecule has 2 aromatic rings. The van der Waals surface area contributed by atoms with E-state index in [0.29, 0.717) is 11.3 Å². The molecule has 0 aromatic carbocycles. The van der Waals surface area contributed by atoms with Gasteiger partial charge in [-0.15, -0.1) is 0 Å². The number of aldehydes is 1. The number of hydrogen-bond acceptors (Lipinski definition) is 3. The summed E-state index contributed by atoms with van der Waals surface area (Å²) in [4.78, 5) is 19.3. The molecular formula is C11H13N3O. The number of fused-ring (bicyclic) bond motifs is 1. The highest BCUT2D eigenvalue weighted by Crippen LogP contribution is 2.22. The molecule has 0 bridgehead atoms. The van der Waals surface area contributed by atoms with Crippen molar-refractivity contribution >= 4 is 11.9 Å². The number of nitrogens with zero attached hydrogens (tertiary/aromatic N) is 3. The van der Waals surface area contributed by atoms with Crippen LogP contribution >= 0.6 is 0 Å². The van der Waals surface area contributed by atoms with E-state index in [1.54, 1.807) is 6.20 Å². The number of carbonyl (C=O) groups excluding carboxylic acids is 1. The molecule has 2 heterocycles. The molecule has 0 atom stereocenters. The summed E-state index contributed by atoms with van der Waals surface area (Å²) in [5.74, 6) is 0.854. The van der Waals surface area contributed by atoms with Crippen LogP contribution in [-0.2, 0) is 5.41 Å². The maximum absolute atomic E-state index is 10.8. The molecule has 0 fully saturated rings. The summed E-state index contributed by atoms with van der Waals surface area (Å²) in [6.07, 6.45) is 4.29. The third kappa shape index (κ3) is 1.52. The molecular weight excluding hydrogens is 190 g/mol. The Hall–Kier alpha value is -1.71. The molecule has 0 aliphatic heterocycles. The van der Waals surface area contributed by atoms with Gasteiger partial charge in [-0.2, -0.15) is 0 Å². The molecule has 0 aliphatic carbocycles. The van der Waals surface area contributed by atoms with Gasteiger partial charge >= 0.3 is 0 Å². The lowest BCUT2D eigenvalue weighted by molar-refractivity contribution is 0.112. The van der Waals surface area contributed by atoms with Crippen LogP contribution in [0.3, 0.4) is 0 Å². The summed E-state index contributed by atoms with van der Waals surface area (Å²) in [7, 11) is 0. The van der Waals surface area contributed by atoms with Crippen LogP contribution in [0.5, 0.6) is 0 Å². The van der Waals surface area contributed by atoms with Gasteiger partial charge in [0.15, 0.2) is 11.9 Å². The SMILES string of the molecule is CC(C)(C)c1nc(C=O)c2ncccn12. The van der Waals surface area contributed by atoms with Crippen molar-refractivity contribution in [3.63, 3.8) is 0 Å². The lowest BCUT2D eigenvalue weighted by Crippen LogP contribution is -2.15. The predicted molar refractivity (Wildman–Crippen MR) is 57.1 cm³/mol.